The summed E-state index contributed by atoms with van der Waals surface area (Å²) in [7, 11) is 0. The molecular formula is C21H25BrF2N2O4. The molecule has 0 bridgehead atoms. The molecule has 2 aliphatic rings. The van der Waals surface area contributed by atoms with Crippen molar-refractivity contribution < 1.29 is 27.8 Å². The molecule has 2 aliphatic heterocycles. The highest BCUT2D eigenvalue weighted by Gasteiger charge is 2.62. The quantitative estimate of drug-likeness (QED) is 0.571. The monoisotopic (exact) mass is 486 g/mol. The number of aromatic nitrogens is 1. The number of amides is 1. The van der Waals surface area contributed by atoms with Gasteiger partial charge in [0, 0.05) is 34.5 Å². The minimum absolute atomic E-state index is 0.0790. The first kappa shape index (κ1) is 21.5. The third-order valence-corrected chi connectivity index (χ3v) is 5.90. The summed E-state index contributed by atoms with van der Waals surface area (Å²) in [5, 5.41) is 1.04. The van der Waals surface area contributed by atoms with Gasteiger partial charge in [-0.15, -0.1) is 0 Å². The van der Waals surface area contributed by atoms with Crippen LogP contribution in [0.4, 0.5) is 13.6 Å². The maximum atomic E-state index is 15.0. The van der Waals surface area contributed by atoms with E-state index in [9.17, 15) is 4.79 Å². The second kappa shape index (κ2) is 7.46. The van der Waals surface area contributed by atoms with Crippen LogP contribution in [0.5, 0.6) is 0 Å². The lowest BCUT2D eigenvalue weighted by molar-refractivity contribution is -0.378. The number of benzene rings is 1. The number of fused-ring (bicyclic) bond motifs is 1. The number of nitrogens with zero attached hydrogens (tertiary/aromatic N) is 2. The van der Waals surface area contributed by atoms with Crippen molar-refractivity contribution in [3.05, 3.63) is 34.9 Å². The number of alkyl halides is 2. The van der Waals surface area contributed by atoms with Gasteiger partial charge in [0.1, 0.15) is 5.60 Å². The number of hydrogen-bond donors (Lipinski definition) is 0. The number of hydrogen-bond acceptors (Lipinski definition) is 4. The van der Waals surface area contributed by atoms with Crippen molar-refractivity contribution in [2.24, 2.45) is 0 Å². The molecule has 0 N–H and O–H groups in total. The molecule has 2 saturated heterocycles. The SMILES string of the molecule is CC(C)(C)OC(=O)N1CCC2(OCC(n3ccc4cc(Br)ccc43)CO2)C(F)(F)C1. The first-order valence-corrected chi connectivity index (χ1v) is 10.7. The average Bonchev–Trinajstić information content (AvgIpc) is 3.06. The van der Waals surface area contributed by atoms with Crippen LogP contribution < -0.4 is 0 Å². The van der Waals surface area contributed by atoms with E-state index in [1.165, 1.54) is 0 Å². The van der Waals surface area contributed by atoms with E-state index in [0.29, 0.717) is 0 Å². The first-order valence-electron chi connectivity index (χ1n) is 9.89. The predicted octanol–water partition coefficient (Wildman–Crippen LogP) is 4.96. The van der Waals surface area contributed by atoms with Crippen molar-refractivity contribution in [3.63, 3.8) is 0 Å². The molecule has 164 valence electrons. The zero-order valence-electron chi connectivity index (χ0n) is 17.2. The van der Waals surface area contributed by atoms with Crippen LogP contribution in [0.2, 0.25) is 0 Å². The maximum Gasteiger partial charge on any atom is 0.410 e. The van der Waals surface area contributed by atoms with E-state index in [-0.39, 0.29) is 32.2 Å². The average molecular weight is 487 g/mol. The Kier molecular flexibility index (Phi) is 5.35. The fraction of sp³-hybridized carbons (Fsp3) is 0.571. The first-order chi connectivity index (χ1) is 14.0. The third kappa shape index (κ3) is 3.94. The van der Waals surface area contributed by atoms with Crippen LogP contribution in [0, 0.1) is 0 Å². The highest BCUT2D eigenvalue weighted by atomic mass is 79.9. The molecule has 0 radical (unpaired) electrons. The molecule has 0 saturated carbocycles. The molecule has 30 heavy (non-hydrogen) atoms. The van der Waals surface area contributed by atoms with Crippen molar-refractivity contribution in [3.8, 4) is 0 Å². The van der Waals surface area contributed by atoms with E-state index in [1.807, 2.05) is 35.0 Å². The number of carbonyl (C=O) groups is 1. The molecule has 1 spiro atoms. The van der Waals surface area contributed by atoms with Gasteiger partial charge in [0.15, 0.2) is 0 Å². The summed E-state index contributed by atoms with van der Waals surface area (Å²) in [5.41, 5.74) is 0.236. The van der Waals surface area contributed by atoms with Gasteiger partial charge in [-0.05, 0) is 45.0 Å². The Balaban J connectivity index is 1.45. The molecule has 0 aliphatic carbocycles. The molecule has 9 heteroatoms. The molecule has 3 heterocycles. The van der Waals surface area contributed by atoms with Gasteiger partial charge in [-0.2, -0.15) is 8.78 Å². The number of carbonyl (C=O) groups excluding carboxylic acids is 1. The van der Waals surface area contributed by atoms with Gasteiger partial charge in [-0.25, -0.2) is 4.79 Å². The molecule has 1 amide bonds. The minimum Gasteiger partial charge on any atom is -0.444 e. The largest absolute Gasteiger partial charge is 0.444 e. The van der Waals surface area contributed by atoms with Gasteiger partial charge in [0.05, 0.1) is 25.8 Å². The lowest BCUT2D eigenvalue weighted by atomic mass is 9.98. The Morgan fingerprint density at radius 3 is 2.57 bits per heavy atom. The van der Waals surface area contributed by atoms with Crippen molar-refractivity contribution in [1.29, 1.82) is 0 Å². The molecule has 4 rings (SSSR count). The molecule has 0 unspecified atom stereocenters. The zero-order chi connectivity index (χ0) is 21.7. The van der Waals surface area contributed by atoms with Crippen LogP contribution in [0.3, 0.4) is 0 Å². The number of likely N-dealkylation sites (tertiary alicyclic amines) is 1. The van der Waals surface area contributed by atoms with Gasteiger partial charge < -0.3 is 23.7 Å². The summed E-state index contributed by atoms with van der Waals surface area (Å²) in [6, 6.07) is 7.66. The molecule has 2 aromatic rings. The fourth-order valence-corrected chi connectivity index (χ4v) is 4.29. The summed E-state index contributed by atoms with van der Waals surface area (Å²) < 4.78 is 49.6. The predicted molar refractivity (Wildman–Crippen MR) is 111 cm³/mol. The summed E-state index contributed by atoms with van der Waals surface area (Å²) in [4.78, 5) is 13.2. The van der Waals surface area contributed by atoms with E-state index in [1.54, 1.807) is 20.8 Å². The van der Waals surface area contributed by atoms with Gasteiger partial charge in [0.25, 0.3) is 0 Å². The summed E-state index contributed by atoms with van der Waals surface area (Å²) in [6.07, 6.45) is 1.04. The van der Waals surface area contributed by atoms with E-state index < -0.39 is 29.9 Å². The number of ether oxygens (including phenoxy) is 3. The Labute approximate surface area is 182 Å². The van der Waals surface area contributed by atoms with Crippen LogP contribution in [0.25, 0.3) is 10.9 Å². The second-order valence-corrected chi connectivity index (χ2v) is 9.73. The lowest BCUT2D eigenvalue weighted by Crippen LogP contribution is -2.66. The molecule has 6 nitrogen and oxygen atoms in total. The van der Waals surface area contributed by atoms with Crippen molar-refractivity contribution >= 4 is 32.9 Å². The number of halogens is 3. The fourth-order valence-electron chi connectivity index (χ4n) is 3.91. The van der Waals surface area contributed by atoms with Crippen molar-refractivity contribution in [1.82, 2.24) is 9.47 Å². The zero-order valence-corrected chi connectivity index (χ0v) is 18.7. The Morgan fingerprint density at radius 2 is 1.93 bits per heavy atom. The number of rotatable bonds is 1. The Bertz CT molecular complexity index is 948. The van der Waals surface area contributed by atoms with Gasteiger partial charge in [-0.1, -0.05) is 15.9 Å². The van der Waals surface area contributed by atoms with Gasteiger partial charge in [0.2, 0.25) is 5.79 Å². The normalized spacial score (nSPS) is 26.9. The standard InChI is InChI=1S/C21H25BrF2N2O4/c1-19(2,3)30-18(27)25-9-7-21(20(23,24)13-25)28-11-16(12-29-21)26-8-6-14-10-15(22)4-5-17(14)26/h4-6,8,10,16H,7,9,11-13H2,1-3H3. The molecule has 1 aromatic heterocycles. The minimum atomic E-state index is -3.35. The van der Waals surface area contributed by atoms with E-state index in [4.69, 9.17) is 14.2 Å². The topological polar surface area (TPSA) is 52.9 Å². The highest BCUT2D eigenvalue weighted by molar-refractivity contribution is 9.10. The summed E-state index contributed by atoms with van der Waals surface area (Å²) in [6.45, 7) is 4.58. The second-order valence-electron chi connectivity index (χ2n) is 8.81. The van der Waals surface area contributed by atoms with Gasteiger partial charge in [-0.3, -0.25) is 0 Å². The smallest absolute Gasteiger partial charge is 0.410 e. The Hall–Kier alpha value is -1.71. The summed E-state index contributed by atoms with van der Waals surface area (Å²) >= 11 is 3.45. The van der Waals surface area contributed by atoms with Crippen molar-refractivity contribution in [2.75, 3.05) is 26.3 Å². The molecule has 0 atom stereocenters. The van der Waals surface area contributed by atoms with Crippen LogP contribution in [-0.2, 0) is 14.2 Å². The van der Waals surface area contributed by atoms with Crippen LogP contribution in [-0.4, -0.2) is 59.2 Å². The van der Waals surface area contributed by atoms with E-state index >= 15 is 8.78 Å². The Morgan fingerprint density at radius 1 is 1.23 bits per heavy atom. The molecule has 1 aromatic carbocycles. The third-order valence-electron chi connectivity index (χ3n) is 5.40. The van der Waals surface area contributed by atoms with Gasteiger partial charge >= 0.3 is 12.0 Å². The van der Waals surface area contributed by atoms with E-state index in [0.717, 1.165) is 20.3 Å². The number of piperidine rings is 1. The summed E-state index contributed by atoms with van der Waals surface area (Å²) in [5.74, 6) is -5.37. The van der Waals surface area contributed by atoms with Crippen molar-refractivity contribution in [2.45, 2.75) is 50.5 Å². The van der Waals surface area contributed by atoms with Crippen LogP contribution >= 0.6 is 15.9 Å². The van der Waals surface area contributed by atoms with Crippen LogP contribution in [0.1, 0.15) is 33.2 Å². The molecule has 2 fully saturated rings. The van der Waals surface area contributed by atoms with Crippen LogP contribution in [0.15, 0.2) is 34.9 Å². The lowest BCUT2D eigenvalue weighted by Gasteiger charge is -2.49. The highest BCUT2D eigenvalue weighted by Crippen LogP contribution is 2.44. The van der Waals surface area contributed by atoms with E-state index in [2.05, 4.69) is 15.9 Å². The molecular weight excluding hydrogens is 462 g/mol. The maximum absolute atomic E-state index is 15.0.